The molecule has 5 nitrogen and oxygen atoms in total. The number of carbonyl (C=O) groups is 1. The second-order valence-corrected chi connectivity index (χ2v) is 6.07. The highest BCUT2D eigenvalue weighted by Gasteiger charge is 2.18. The molecule has 5 heteroatoms. The second-order valence-electron chi connectivity index (χ2n) is 6.07. The minimum atomic E-state index is 0.111. The van der Waals surface area contributed by atoms with E-state index < -0.39 is 0 Å². The van der Waals surface area contributed by atoms with Crippen molar-refractivity contribution in [2.45, 2.75) is 25.4 Å². The van der Waals surface area contributed by atoms with Crippen LogP contribution in [0, 0.1) is 0 Å². The molecule has 22 heavy (non-hydrogen) atoms. The number of nitrogens with one attached hydrogen (secondary N) is 2. The zero-order valence-corrected chi connectivity index (χ0v) is 13.0. The lowest BCUT2D eigenvalue weighted by molar-refractivity contribution is -0.122. The van der Waals surface area contributed by atoms with Gasteiger partial charge in [-0.1, -0.05) is 24.3 Å². The molecule has 0 radical (unpaired) electrons. The van der Waals surface area contributed by atoms with Crippen LogP contribution in [0.15, 0.2) is 24.3 Å². The summed E-state index contributed by atoms with van der Waals surface area (Å²) in [6.45, 7) is 5.91. The summed E-state index contributed by atoms with van der Waals surface area (Å²) in [5.41, 5.74) is 2.88. The van der Waals surface area contributed by atoms with Gasteiger partial charge in [0.2, 0.25) is 5.91 Å². The number of hydrogen-bond acceptors (Lipinski definition) is 4. The van der Waals surface area contributed by atoms with E-state index in [-0.39, 0.29) is 11.9 Å². The van der Waals surface area contributed by atoms with E-state index in [0.29, 0.717) is 19.6 Å². The van der Waals surface area contributed by atoms with E-state index in [1.807, 2.05) is 0 Å². The predicted molar refractivity (Wildman–Crippen MR) is 85.7 cm³/mol. The topological polar surface area (TPSA) is 53.6 Å². The van der Waals surface area contributed by atoms with Crippen LogP contribution in [0.5, 0.6) is 0 Å². The van der Waals surface area contributed by atoms with Gasteiger partial charge in [-0.05, 0) is 17.5 Å². The molecule has 0 aromatic heterocycles. The Hall–Kier alpha value is -1.43. The zero-order chi connectivity index (χ0) is 15.2. The first-order valence-corrected chi connectivity index (χ1v) is 8.18. The third-order valence-corrected chi connectivity index (χ3v) is 4.39. The van der Waals surface area contributed by atoms with Crippen molar-refractivity contribution in [2.24, 2.45) is 0 Å². The van der Waals surface area contributed by atoms with Gasteiger partial charge in [-0.25, -0.2) is 0 Å². The molecule has 1 aromatic carbocycles. The molecule has 1 atom stereocenters. The Bertz CT molecular complexity index is 500. The van der Waals surface area contributed by atoms with E-state index in [2.05, 4.69) is 39.8 Å². The molecular formula is C17H25N3O2. The molecule has 2 N–H and O–H groups in total. The fraction of sp³-hybridized carbons (Fsp3) is 0.588. The monoisotopic (exact) mass is 303 g/mol. The van der Waals surface area contributed by atoms with Crippen molar-refractivity contribution in [3.63, 3.8) is 0 Å². The maximum Gasteiger partial charge on any atom is 0.221 e. The number of fused-ring (bicyclic) bond motifs is 1. The zero-order valence-electron chi connectivity index (χ0n) is 13.0. The van der Waals surface area contributed by atoms with Gasteiger partial charge in [-0.15, -0.1) is 0 Å². The van der Waals surface area contributed by atoms with Crippen molar-refractivity contribution in [3.8, 4) is 0 Å². The summed E-state index contributed by atoms with van der Waals surface area (Å²) >= 11 is 0. The van der Waals surface area contributed by atoms with Crippen LogP contribution in [-0.2, 0) is 22.5 Å². The Morgan fingerprint density at radius 2 is 2.23 bits per heavy atom. The summed E-state index contributed by atoms with van der Waals surface area (Å²) in [5, 5.41) is 6.33. The van der Waals surface area contributed by atoms with Crippen LogP contribution in [-0.4, -0.2) is 56.2 Å². The van der Waals surface area contributed by atoms with E-state index in [1.54, 1.807) is 0 Å². The molecule has 2 heterocycles. The molecule has 0 bridgehead atoms. The number of ether oxygens (including phenoxy) is 1. The molecule has 1 amide bonds. The van der Waals surface area contributed by atoms with Crippen LogP contribution >= 0.6 is 0 Å². The van der Waals surface area contributed by atoms with Crippen molar-refractivity contribution in [1.29, 1.82) is 0 Å². The van der Waals surface area contributed by atoms with Crippen molar-refractivity contribution >= 4 is 5.91 Å². The molecule has 0 saturated carbocycles. The van der Waals surface area contributed by atoms with Crippen LogP contribution in [0.25, 0.3) is 0 Å². The minimum absolute atomic E-state index is 0.111. The first-order valence-electron chi connectivity index (χ1n) is 8.18. The summed E-state index contributed by atoms with van der Waals surface area (Å²) in [7, 11) is 0. The number of hydrogen-bond donors (Lipinski definition) is 2. The van der Waals surface area contributed by atoms with Crippen molar-refractivity contribution in [3.05, 3.63) is 35.4 Å². The summed E-state index contributed by atoms with van der Waals surface area (Å²) < 4.78 is 5.37. The smallest absolute Gasteiger partial charge is 0.221 e. The van der Waals surface area contributed by atoms with Gasteiger partial charge in [0.05, 0.1) is 13.2 Å². The molecular weight excluding hydrogens is 278 g/mol. The third kappa shape index (κ3) is 4.29. The van der Waals surface area contributed by atoms with Gasteiger partial charge in [0.25, 0.3) is 0 Å². The first kappa shape index (κ1) is 15.5. The Labute approximate surface area is 132 Å². The van der Waals surface area contributed by atoms with E-state index in [4.69, 9.17) is 4.74 Å². The third-order valence-electron chi connectivity index (χ3n) is 4.39. The molecule has 0 aliphatic carbocycles. The number of rotatable bonds is 5. The summed E-state index contributed by atoms with van der Waals surface area (Å²) in [6, 6.07) is 8.79. The van der Waals surface area contributed by atoms with Crippen molar-refractivity contribution in [1.82, 2.24) is 15.5 Å². The summed E-state index contributed by atoms with van der Waals surface area (Å²) in [5.74, 6) is 0.111. The van der Waals surface area contributed by atoms with E-state index in [0.717, 1.165) is 39.2 Å². The van der Waals surface area contributed by atoms with Crippen molar-refractivity contribution < 1.29 is 9.53 Å². The average Bonchev–Trinajstić information content (AvgIpc) is 2.55. The fourth-order valence-corrected chi connectivity index (χ4v) is 3.15. The maximum absolute atomic E-state index is 11.9. The average molecular weight is 303 g/mol. The Morgan fingerprint density at radius 3 is 3.05 bits per heavy atom. The largest absolute Gasteiger partial charge is 0.378 e. The molecule has 120 valence electrons. The van der Waals surface area contributed by atoms with E-state index in [1.165, 1.54) is 11.1 Å². The normalized spacial score (nSPS) is 22.1. The summed E-state index contributed by atoms with van der Waals surface area (Å²) in [6.07, 6.45) is 1.61. The van der Waals surface area contributed by atoms with Gasteiger partial charge in [0.1, 0.15) is 0 Å². The molecule has 1 unspecified atom stereocenters. The predicted octanol–water partition coefficient (Wildman–Crippen LogP) is 0.539. The van der Waals surface area contributed by atoms with Crippen LogP contribution < -0.4 is 10.6 Å². The Balaban J connectivity index is 1.36. The maximum atomic E-state index is 11.9. The molecule has 2 aliphatic rings. The van der Waals surface area contributed by atoms with Crippen LogP contribution in [0.4, 0.5) is 0 Å². The van der Waals surface area contributed by atoms with Gasteiger partial charge in [-0.3, -0.25) is 9.69 Å². The molecule has 1 aromatic rings. The molecule has 0 spiro atoms. The quantitative estimate of drug-likeness (QED) is 0.834. The number of carbonyl (C=O) groups excluding carboxylic acids is 1. The van der Waals surface area contributed by atoms with Crippen molar-refractivity contribution in [2.75, 3.05) is 39.4 Å². The number of morpholine rings is 1. The SMILES string of the molecule is O=C(CC1COCCN1)NCCN1CCc2ccccc2C1. The van der Waals surface area contributed by atoms with E-state index >= 15 is 0 Å². The number of amides is 1. The second kappa shape index (κ2) is 7.72. The van der Waals surface area contributed by atoms with Gasteiger partial charge in [-0.2, -0.15) is 0 Å². The first-order chi connectivity index (χ1) is 10.8. The van der Waals surface area contributed by atoms with Gasteiger partial charge in [0, 0.05) is 45.2 Å². The lowest BCUT2D eigenvalue weighted by atomic mass is 10.00. The Morgan fingerprint density at radius 1 is 1.36 bits per heavy atom. The van der Waals surface area contributed by atoms with Gasteiger partial charge >= 0.3 is 0 Å². The standard InChI is InChI=1S/C17H25N3O2/c21-17(11-16-13-22-10-7-18-16)19-6-9-20-8-5-14-3-1-2-4-15(14)12-20/h1-4,16,18H,5-13H2,(H,19,21). The highest BCUT2D eigenvalue weighted by molar-refractivity contribution is 5.76. The molecule has 3 rings (SSSR count). The lowest BCUT2D eigenvalue weighted by Gasteiger charge is -2.28. The van der Waals surface area contributed by atoms with Crippen LogP contribution in [0.1, 0.15) is 17.5 Å². The lowest BCUT2D eigenvalue weighted by Crippen LogP contribution is -2.45. The molecule has 2 aliphatic heterocycles. The minimum Gasteiger partial charge on any atom is -0.378 e. The van der Waals surface area contributed by atoms with Crippen LogP contribution in [0.2, 0.25) is 0 Å². The fourth-order valence-electron chi connectivity index (χ4n) is 3.15. The molecule has 1 saturated heterocycles. The number of nitrogens with zero attached hydrogens (tertiary/aromatic N) is 1. The highest BCUT2D eigenvalue weighted by Crippen LogP contribution is 2.17. The van der Waals surface area contributed by atoms with Crippen LogP contribution in [0.3, 0.4) is 0 Å². The summed E-state index contributed by atoms with van der Waals surface area (Å²) in [4.78, 5) is 14.3. The van der Waals surface area contributed by atoms with Gasteiger partial charge in [0.15, 0.2) is 0 Å². The van der Waals surface area contributed by atoms with Gasteiger partial charge < -0.3 is 15.4 Å². The Kier molecular flexibility index (Phi) is 5.43. The highest BCUT2D eigenvalue weighted by atomic mass is 16.5. The number of benzene rings is 1. The molecule has 1 fully saturated rings. The van der Waals surface area contributed by atoms with E-state index in [9.17, 15) is 4.79 Å².